The van der Waals surface area contributed by atoms with Gasteiger partial charge in [-0.3, -0.25) is 9.69 Å². The molecule has 1 aliphatic heterocycles. The number of hydrogen-bond donors (Lipinski definition) is 1. The van der Waals surface area contributed by atoms with Gasteiger partial charge in [-0.1, -0.05) is 16.7 Å². The van der Waals surface area contributed by atoms with Crippen LogP contribution in [0.3, 0.4) is 0 Å². The third kappa shape index (κ3) is 7.60. The van der Waals surface area contributed by atoms with Gasteiger partial charge in [0.15, 0.2) is 11.5 Å². The topological polar surface area (TPSA) is 129 Å². The van der Waals surface area contributed by atoms with Crippen LogP contribution >= 0.6 is 11.6 Å². The summed E-state index contributed by atoms with van der Waals surface area (Å²) in [6.07, 6.45) is 3.21. The SMILES string of the molecule is COc1cc2ncnc(Nc3ccc(F)c(Cl)c3)c2cc1OCCCN1CCN(C(=O)CCCN=[N+]=[N-])CC1. The summed E-state index contributed by atoms with van der Waals surface area (Å²) in [4.78, 5) is 27.9. The van der Waals surface area contributed by atoms with E-state index < -0.39 is 5.82 Å². The molecule has 0 unspecified atom stereocenters. The number of carbonyl (C=O) groups is 1. The van der Waals surface area contributed by atoms with E-state index in [9.17, 15) is 9.18 Å². The third-order valence-electron chi connectivity index (χ3n) is 6.42. The Morgan fingerprint density at radius 3 is 2.74 bits per heavy atom. The van der Waals surface area contributed by atoms with E-state index in [1.165, 1.54) is 18.5 Å². The third-order valence-corrected chi connectivity index (χ3v) is 6.71. The van der Waals surface area contributed by atoms with Gasteiger partial charge < -0.3 is 19.7 Å². The van der Waals surface area contributed by atoms with Crippen LogP contribution in [-0.2, 0) is 4.79 Å². The van der Waals surface area contributed by atoms with Gasteiger partial charge in [-0.05, 0) is 42.6 Å². The van der Waals surface area contributed by atoms with Gasteiger partial charge in [-0.25, -0.2) is 14.4 Å². The van der Waals surface area contributed by atoms with E-state index in [1.54, 1.807) is 19.2 Å². The highest BCUT2D eigenvalue weighted by Crippen LogP contribution is 2.35. The Morgan fingerprint density at radius 2 is 2.00 bits per heavy atom. The van der Waals surface area contributed by atoms with E-state index in [0.29, 0.717) is 73.0 Å². The molecule has 39 heavy (non-hydrogen) atoms. The molecule has 1 saturated heterocycles. The van der Waals surface area contributed by atoms with Gasteiger partial charge in [0.25, 0.3) is 0 Å². The first kappa shape index (κ1) is 28.2. The summed E-state index contributed by atoms with van der Waals surface area (Å²) in [7, 11) is 1.58. The molecule has 206 valence electrons. The van der Waals surface area contributed by atoms with Crippen LogP contribution in [0.1, 0.15) is 19.3 Å². The van der Waals surface area contributed by atoms with E-state index in [2.05, 4.69) is 30.2 Å². The van der Waals surface area contributed by atoms with Crippen molar-refractivity contribution in [1.82, 2.24) is 19.8 Å². The Morgan fingerprint density at radius 1 is 1.18 bits per heavy atom. The summed E-state index contributed by atoms with van der Waals surface area (Å²) in [5.74, 6) is 1.26. The molecule has 3 aromatic rings. The molecule has 1 fully saturated rings. The number of methoxy groups -OCH3 is 1. The maximum atomic E-state index is 13.6. The minimum Gasteiger partial charge on any atom is -0.493 e. The molecule has 0 saturated carbocycles. The maximum Gasteiger partial charge on any atom is 0.222 e. The minimum atomic E-state index is -0.496. The van der Waals surface area contributed by atoms with Gasteiger partial charge in [0.2, 0.25) is 5.91 Å². The molecule has 0 bridgehead atoms. The standard InChI is InChI=1S/C26H30ClFN8O3/c1-38-23-16-22-19(26(31-17-30-22)33-18-5-6-21(28)20(27)14-18)15-24(23)39-13-3-8-35-9-11-36(12-10-35)25(37)4-2-7-32-34-29/h5-6,14-17H,2-4,7-13H2,1H3,(H,30,31,33). The number of halogens is 2. The molecule has 1 aliphatic rings. The summed E-state index contributed by atoms with van der Waals surface area (Å²) in [6, 6.07) is 7.98. The monoisotopic (exact) mass is 556 g/mol. The number of benzene rings is 2. The molecule has 0 spiro atoms. The van der Waals surface area contributed by atoms with Crippen molar-refractivity contribution in [2.45, 2.75) is 19.3 Å². The number of carbonyl (C=O) groups excluding carboxylic acids is 1. The number of rotatable bonds is 12. The predicted molar refractivity (Wildman–Crippen MR) is 147 cm³/mol. The van der Waals surface area contributed by atoms with E-state index >= 15 is 0 Å². The quantitative estimate of drug-likeness (QED) is 0.141. The number of piperazine rings is 1. The Hall–Kier alpha value is -3.86. The highest BCUT2D eigenvalue weighted by molar-refractivity contribution is 6.31. The fourth-order valence-corrected chi connectivity index (χ4v) is 4.52. The van der Waals surface area contributed by atoms with Gasteiger partial charge in [-0.15, -0.1) is 0 Å². The number of nitrogens with one attached hydrogen (secondary N) is 1. The molecule has 1 aromatic heterocycles. The lowest BCUT2D eigenvalue weighted by molar-refractivity contribution is -0.133. The lowest BCUT2D eigenvalue weighted by Crippen LogP contribution is -2.49. The van der Waals surface area contributed by atoms with Crippen molar-refractivity contribution in [1.29, 1.82) is 0 Å². The van der Waals surface area contributed by atoms with Crippen molar-refractivity contribution >= 4 is 39.9 Å². The Bertz CT molecular complexity index is 1350. The molecule has 13 heteroatoms. The number of azide groups is 1. The predicted octanol–water partition coefficient (Wildman–Crippen LogP) is 5.18. The lowest BCUT2D eigenvalue weighted by Gasteiger charge is -2.34. The summed E-state index contributed by atoms with van der Waals surface area (Å²) < 4.78 is 25.2. The average Bonchev–Trinajstić information content (AvgIpc) is 2.95. The fourth-order valence-electron chi connectivity index (χ4n) is 4.34. The van der Waals surface area contributed by atoms with Crippen LogP contribution in [-0.4, -0.2) is 78.7 Å². The number of aromatic nitrogens is 2. The van der Waals surface area contributed by atoms with E-state index in [4.69, 9.17) is 26.6 Å². The van der Waals surface area contributed by atoms with Crippen molar-refractivity contribution in [2.75, 3.05) is 58.3 Å². The summed E-state index contributed by atoms with van der Waals surface area (Å²) in [6.45, 7) is 4.66. The second-order valence-corrected chi connectivity index (χ2v) is 9.39. The molecular weight excluding hydrogens is 527 g/mol. The molecule has 0 radical (unpaired) electrons. The molecule has 0 atom stereocenters. The first-order chi connectivity index (χ1) is 19.0. The number of ether oxygens (including phenoxy) is 2. The zero-order valence-electron chi connectivity index (χ0n) is 21.6. The van der Waals surface area contributed by atoms with E-state index in [0.717, 1.165) is 26.1 Å². The maximum absolute atomic E-state index is 13.6. The number of hydrogen-bond acceptors (Lipinski definition) is 8. The summed E-state index contributed by atoms with van der Waals surface area (Å²) in [5, 5.41) is 7.37. The molecule has 11 nitrogen and oxygen atoms in total. The van der Waals surface area contributed by atoms with Crippen LogP contribution in [0, 0.1) is 5.82 Å². The Kier molecular flexibility index (Phi) is 9.96. The minimum absolute atomic E-state index is 0.0132. The van der Waals surface area contributed by atoms with Crippen molar-refractivity contribution in [3.8, 4) is 11.5 Å². The molecule has 2 heterocycles. The van der Waals surface area contributed by atoms with Crippen LogP contribution in [0.15, 0.2) is 41.8 Å². The molecule has 1 N–H and O–H groups in total. The number of amides is 1. The van der Waals surface area contributed by atoms with Crippen molar-refractivity contribution in [3.63, 3.8) is 0 Å². The highest BCUT2D eigenvalue weighted by Gasteiger charge is 2.20. The molecule has 1 amide bonds. The average molecular weight is 557 g/mol. The largest absolute Gasteiger partial charge is 0.493 e. The first-order valence-corrected chi connectivity index (χ1v) is 13.0. The van der Waals surface area contributed by atoms with Crippen LogP contribution in [0.5, 0.6) is 11.5 Å². The number of nitrogens with zero attached hydrogens (tertiary/aromatic N) is 7. The molecule has 0 aliphatic carbocycles. The van der Waals surface area contributed by atoms with Crippen molar-refractivity contribution < 1.29 is 18.7 Å². The van der Waals surface area contributed by atoms with Crippen LogP contribution < -0.4 is 14.8 Å². The second-order valence-electron chi connectivity index (χ2n) is 8.98. The van der Waals surface area contributed by atoms with Gasteiger partial charge in [0, 0.05) is 67.7 Å². The van der Waals surface area contributed by atoms with Crippen LogP contribution in [0.25, 0.3) is 21.3 Å². The number of fused-ring (bicyclic) bond motifs is 1. The van der Waals surface area contributed by atoms with Gasteiger partial charge in [0.1, 0.15) is 18.0 Å². The van der Waals surface area contributed by atoms with Gasteiger partial charge in [-0.2, -0.15) is 0 Å². The van der Waals surface area contributed by atoms with Crippen molar-refractivity contribution in [3.05, 3.63) is 57.9 Å². The van der Waals surface area contributed by atoms with Gasteiger partial charge in [0.05, 0.1) is 24.3 Å². The van der Waals surface area contributed by atoms with Crippen LogP contribution in [0.2, 0.25) is 5.02 Å². The van der Waals surface area contributed by atoms with E-state index in [-0.39, 0.29) is 10.9 Å². The van der Waals surface area contributed by atoms with Gasteiger partial charge >= 0.3 is 0 Å². The zero-order valence-corrected chi connectivity index (χ0v) is 22.4. The molecule has 4 rings (SSSR count). The van der Waals surface area contributed by atoms with Crippen LogP contribution in [0.4, 0.5) is 15.9 Å². The Labute approximate surface area is 230 Å². The zero-order chi connectivity index (χ0) is 27.6. The second kappa shape index (κ2) is 13.8. The summed E-state index contributed by atoms with van der Waals surface area (Å²) >= 11 is 5.92. The van der Waals surface area contributed by atoms with Crippen molar-refractivity contribution in [2.24, 2.45) is 5.11 Å². The number of anilines is 2. The molecule has 2 aromatic carbocycles. The van der Waals surface area contributed by atoms with E-state index in [1.807, 2.05) is 11.0 Å². The Balaban J connectivity index is 1.31. The first-order valence-electron chi connectivity index (χ1n) is 12.7. The molecular formula is C26H30ClFN8O3. The smallest absolute Gasteiger partial charge is 0.222 e. The summed E-state index contributed by atoms with van der Waals surface area (Å²) in [5.41, 5.74) is 9.58. The fraction of sp³-hybridized carbons (Fsp3) is 0.423. The highest BCUT2D eigenvalue weighted by atomic mass is 35.5. The normalized spacial score (nSPS) is 13.7. The lowest BCUT2D eigenvalue weighted by atomic mass is 10.2.